The summed E-state index contributed by atoms with van der Waals surface area (Å²) in [5.41, 5.74) is 2.02. The number of carbonyl (C=O) groups excluding carboxylic acids is 3. The lowest BCUT2D eigenvalue weighted by atomic mass is 9.97. The third kappa shape index (κ3) is 2.87. The summed E-state index contributed by atoms with van der Waals surface area (Å²) in [6.07, 6.45) is 0.0508. The van der Waals surface area contributed by atoms with Crippen molar-refractivity contribution in [2.24, 2.45) is 0 Å². The van der Waals surface area contributed by atoms with E-state index in [1.54, 1.807) is 17.3 Å². The lowest BCUT2D eigenvalue weighted by molar-refractivity contribution is -0.123. The molecule has 1 aliphatic rings. The number of fused-ring (bicyclic) bond motifs is 1. The molecule has 2 amide bonds. The van der Waals surface area contributed by atoms with E-state index in [1.807, 2.05) is 24.3 Å². The molecule has 0 bridgehead atoms. The topological polar surface area (TPSA) is 79.4 Å². The lowest BCUT2D eigenvalue weighted by Crippen LogP contribution is -2.26. The van der Waals surface area contributed by atoms with Crippen molar-refractivity contribution in [3.05, 3.63) is 40.9 Å². The molecule has 0 fully saturated rings. The van der Waals surface area contributed by atoms with E-state index < -0.39 is 5.92 Å². The van der Waals surface area contributed by atoms with Gasteiger partial charge in [0, 0.05) is 31.5 Å². The van der Waals surface area contributed by atoms with E-state index in [0.29, 0.717) is 10.8 Å². The number of nitrogens with one attached hydrogen (secondary N) is 1. The number of amides is 2. The van der Waals surface area contributed by atoms with Crippen molar-refractivity contribution in [1.82, 2.24) is 4.98 Å². The molecule has 1 aromatic carbocycles. The first kappa shape index (κ1) is 15.4. The molecule has 0 radical (unpaired) electrons. The predicted octanol–water partition coefficient (Wildman–Crippen LogP) is 2.43. The number of ketones is 1. The molecular formula is C16H15N3O3S. The molecule has 7 heteroatoms. The van der Waals surface area contributed by atoms with Crippen molar-refractivity contribution in [3.8, 4) is 0 Å². The van der Waals surface area contributed by atoms with Gasteiger partial charge < -0.3 is 10.2 Å². The standard InChI is InChI=1S/C16H15N3O3S/c1-9(20)12-8-23-16(17-12)18-14(21)7-11-10-5-3-4-6-13(10)19(2)15(11)22/h3-6,8,11H,7H2,1-2H3,(H,17,18,21)/t11-/m1/s1. The number of hydrogen-bond acceptors (Lipinski definition) is 5. The summed E-state index contributed by atoms with van der Waals surface area (Å²) >= 11 is 1.19. The predicted molar refractivity (Wildman–Crippen MR) is 88.0 cm³/mol. The molecule has 118 valence electrons. The monoisotopic (exact) mass is 329 g/mol. The molecule has 2 aromatic rings. The minimum Gasteiger partial charge on any atom is -0.315 e. The summed E-state index contributed by atoms with van der Waals surface area (Å²) in [5.74, 6) is -1.02. The van der Waals surface area contributed by atoms with Gasteiger partial charge in [0.1, 0.15) is 5.69 Å². The molecule has 1 aliphatic heterocycles. The van der Waals surface area contributed by atoms with Crippen LogP contribution >= 0.6 is 11.3 Å². The van der Waals surface area contributed by atoms with Crippen molar-refractivity contribution in [3.63, 3.8) is 0 Å². The number of nitrogens with zero attached hydrogens (tertiary/aromatic N) is 2. The van der Waals surface area contributed by atoms with Gasteiger partial charge in [-0.3, -0.25) is 14.4 Å². The number of likely N-dealkylation sites (N-methyl/N-ethyl adjacent to an activating group) is 1. The number of para-hydroxylation sites is 1. The molecule has 3 rings (SSSR count). The van der Waals surface area contributed by atoms with Gasteiger partial charge in [-0.2, -0.15) is 0 Å². The summed E-state index contributed by atoms with van der Waals surface area (Å²) < 4.78 is 0. The van der Waals surface area contributed by atoms with Crippen LogP contribution in [0.1, 0.15) is 35.3 Å². The third-order valence-corrected chi connectivity index (χ3v) is 4.56. The van der Waals surface area contributed by atoms with Gasteiger partial charge in [0.15, 0.2) is 10.9 Å². The maximum absolute atomic E-state index is 12.3. The van der Waals surface area contributed by atoms with Gasteiger partial charge in [-0.25, -0.2) is 4.98 Å². The van der Waals surface area contributed by atoms with E-state index >= 15 is 0 Å². The minimum atomic E-state index is -0.483. The Morgan fingerprint density at radius 1 is 1.35 bits per heavy atom. The van der Waals surface area contributed by atoms with E-state index in [1.165, 1.54) is 18.3 Å². The molecule has 0 saturated heterocycles. The first-order valence-electron chi connectivity index (χ1n) is 7.10. The van der Waals surface area contributed by atoms with Crippen LogP contribution in [0.2, 0.25) is 0 Å². The average Bonchev–Trinajstić information content (AvgIpc) is 3.07. The zero-order chi connectivity index (χ0) is 16.6. The van der Waals surface area contributed by atoms with Crippen molar-refractivity contribution in [2.75, 3.05) is 17.3 Å². The average molecular weight is 329 g/mol. The zero-order valence-corrected chi connectivity index (χ0v) is 13.5. The highest BCUT2D eigenvalue weighted by Crippen LogP contribution is 2.38. The van der Waals surface area contributed by atoms with Crippen molar-refractivity contribution >= 4 is 39.8 Å². The Labute approximate surface area is 137 Å². The Kier molecular flexibility index (Phi) is 3.96. The van der Waals surface area contributed by atoms with Crippen molar-refractivity contribution in [1.29, 1.82) is 0 Å². The normalized spacial score (nSPS) is 16.3. The first-order chi connectivity index (χ1) is 11.0. The highest BCUT2D eigenvalue weighted by molar-refractivity contribution is 7.14. The quantitative estimate of drug-likeness (QED) is 0.874. The molecule has 0 unspecified atom stereocenters. The number of anilines is 2. The molecule has 1 N–H and O–H groups in total. The summed E-state index contributed by atoms with van der Waals surface area (Å²) in [4.78, 5) is 41.4. The highest BCUT2D eigenvalue weighted by Gasteiger charge is 2.36. The first-order valence-corrected chi connectivity index (χ1v) is 7.98. The summed E-state index contributed by atoms with van der Waals surface area (Å²) in [6.45, 7) is 1.42. The van der Waals surface area contributed by atoms with Crippen LogP contribution in [-0.4, -0.2) is 29.6 Å². The van der Waals surface area contributed by atoms with Crippen LogP contribution in [0.15, 0.2) is 29.6 Å². The van der Waals surface area contributed by atoms with Gasteiger partial charge in [-0.1, -0.05) is 18.2 Å². The van der Waals surface area contributed by atoms with Crippen LogP contribution in [-0.2, 0) is 9.59 Å². The summed E-state index contributed by atoms with van der Waals surface area (Å²) in [6, 6.07) is 7.46. The van der Waals surface area contributed by atoms with Gasteiger partial charge in [-0.05, 0) is 11.6 Å². The third-order valence-electron chi connectivity index (χ3n) is 3.80. The maximum atomic E-state index is 12.3. The molecule has 1 atom stereocenters. The van der Waals surface area contributed by atoms with E-state index in [9.17, 15) is 14.4 Å². The fourth-order valence-electron chi connectivity index (χ4n) is 2.62. The molecular weight excluding hydrogens is 314 g/mol. The molecule has 0 aliphatic carbocycles. The number of carbonyl (C=O) groups is 3. The van der Waals surface area contributed by atoms with Gasteiger partial charge >= 0.3 is 0 Å². The number of hydrogen-bond donors (Lipinski definition) is 1. The molecule has 0 saturated carbocycles. The molecule has 2 heterocycles. The highest BCUT2D eigenvalue weighted by atomic mass is 32.1. The number of Topliss-reactive ketones (excluding diaryl/α,β-unsaturated/α-hetero) is 1. The number of benzene rings is 1. The van der Waals surface area contributed by atoms with Crippen LogP contribution in [0.4, 0.5) is 10.8 Å². The number of rotatable bonds is 4. The Morgan fingerprint density at radius 3 is 2.78 bits per heavy atom. The van der Waals surface area contributed by atoms with E-state index in [4.69, 9.17) is 0 Å². The van der Waals surface area contributed by atoms with Crippen LogP contribution < -0.4 is 10.2 Å². The van der Waals surface area contributed by atoms with Gasteiger partial charge in [0.25, 0.3) is 0 Å². The van der Waals surface area contributed by atoms with Gasteiger partial charge in [0.05, 0.1) is 5.92 Å². The summed E-state index contributed by atoms with van der Waals surface area (Å²) in [5, 5.41) is 4.62. The van der Waals surface area contributed by atoms with E-state index in [2.05, 4.69) is 10.3 Å². The van der Waals surface area contributed by atoms with Crippen molar-refractivity contribution in [2.45, 2.75) is 19.3 Å². The van der Waals surface area contributed by atoms with E-state index in [-0.39, 0.29) is 24.0 Å². The molecule has 0 spiro atoms. The fourth-order valence-corrected chi connectivity index (χ4v) is 3.38. The van der Waals surface area contributed by atoms with Crippen molar-refractivity contribution < 1.29 is 14.4 Å². The minimum absolute atomic E-state index is 0.0508. The lowest BCUT2D eigenvalue weighted by Gasteiger charge is -2.10. The van der Waals surface area contributed by atoms with Crippen LogP contribution in [0.25, 0.3) is 0 Å². The maximum Gasteiger partial charge on any atom is 0.234 e. The van der Waals surface area contributed by atoms with Crippen LogP contribution in [0, 0.1) is 0 Å². The Morgan fingerprint density at radius 2 is 2.09 bits per heavy atom. The van der Waals surface area contributed by atoms with Gasteiger partial charge in [0.2, 0.25) is 11.8 Å². The smallest absolute Gasteiger partial charge is 0.234 e. The van der Waals surface area contributed by atoms with Crippen LogP contribution in [0.3, 0.4) is 0 Å². The summed E-state index contributed by atoms with van der Waals surface area (Å²) in [7, 11) is 1.71. The zero-order valence-electron chi connectivity index (χ0n) is 12.7. The number of thiazole rings is 1. The largest absolute Gasteiger partial charge is 0.315 e. The second-order valence-corrected chi connectivity index (χ2v) is 6.21. The SMILES string of the molecule is CC(=O)c1csc(NC(=O)C[C@H]2C(=O)N(C)c3ccccc32)n1. The van der Waals surface area contributed by atoms with E-state index in [0.717, 1.165) is 11.3 Å². The second-order valence-electron chi connectivity index (χ2n) is 5.36. The Bertz CT molecular complexity index is 799. The Balaban J connectivity index is 1.73. The van der Waals surface area contributed by atoms with Crippen LogP contribution in [0.5, 0.6) is 0 Å². The second kappa shape index (κ2) is 5.92. The van der Waals surface area contributed by atoms with Gasteiger partial charge in [-0.15, -0.1) is 11.3 Å². The Hall–Kier alpha value is -2.54. The number of aromatic nitrogens is 1. The molecule has 1 aromatic heterocycles. The fraction of sp³-hybridized carbons (Fsp3) is 0.250. The molecule has 6 nitrogen and oxygen atoms in total. The molecule has 23 heavy (non-hydrogen) atoms.